The summed E-state index contributed by atoms with van der Waals surface area (Å²) in [6.07, 6.45) is 2.01. The fraction of sp³-hybridized carbons (Fsp3) is 0.391. The molecule has 0 bridgehead atoms. The van der Waals surface area contributed by atoms with E-state index >= 15 is 0 Å². The molecule has 312 valence electrons. The minimum Gasteiger partial charge on any atom is -0.453 e. The average molecular weight is 813 g/mol. The maximum absolute atomic E-state index is 13.7. The standard InChI is InChI=1S/C46H52N8O6/c1-25(2)38(51-45(57)59-5)43(55)53-21-7-9-36(53)41-47-33-19-16-30(24-35(33)49-41)28-13-11-27(12-14-28)29-15-18-32-31(23-29)17-20-34-40(32)50-42(48-34)37-10-8-22-54(37)44(56)39(26(3)4)52-46(58)60-6/h11-20,23-26,36-39H,7-10,21-22H2,1-6H3,(H,47,49)(H,48,50)(H,51,57)(H,52,58)/t36-,37-,38+,39+/m0/s1. The lowest BCUT2D eigenvalue weighted by molar-refractivity contribution is -0.136. The van der Waals surface area contributed by atoms with Crippen molar-refractivity contribution >= 4 is 56.8 Å². The topological polar surface area (TPSA) is 175 Å². The summed E-state index contributed by atoms with van der Waals surface area (Å²) in [5.74, 6) is 0.995. The number of carbonyl (C=O) groups is 4. The van der Waals surface area contributed by atoms with Crippen LogP contribution in [0.2, 0.25) is 0 Å². The van der Waals surface area contributed by atoms with Crippen LogP contribution in [0.15, 0.2) is 72.8 Å². The second-order valence-corrected chi connectivity index (χ2v) is 16.5. The molecule has 4 heterocycles. The van der Waals surface area contributed by atoms with Gasteiger partial charge in [0.1, 0.15) is 23.7 Å². The van der Waals surface area contributed by atoms with E-state index in [-0.39, 0.29) is 35.7 Å². The van der Waals surface area contributed by atoms with Crippen molar-refractivity contribution in [3.05, 3.63) is 84.4 Å². The highest BCUT2D eigenvalue weighted by Gasteiger charge is 2.39. The Morgan fingerprint density at radius 3 is 1.68 bits per heavy atom. The number of imidazole rings is 2. The van der Waals surface area contributed by atoms with Crippen molar-refractivity contribution in [3.8, 4) is 22.3 Å². The molecule has 0 spiro atoms. The summed E-state index contributed by atoms with van der Waals surface area (Å²) in [5.41, 5.74) is 7.76. The Labute approximate surface area is 348 Å². The first-order valence-corrected chi connectivity index (χ1v) is 20.8. The van der Waals surface area contributed by atoms with E-state index in [9.17, 15) is 19.2 Å². The number of methoxy groups -OCH3 is 2. The molecule has 0 unspecified atom stereocenters. The van der Waals surface area contributed by atoms with Crippen molar-refractivity contribution in [2.45, 2.75) is 77.5 Å². The number of hydrogen-bond acceptors (Lipinski definition) is 8. The summed E-state index contributed by atoms with van der Waals surface area (Å²) in [5, 5.41) is 7.51. The summed E-state index contributed by atoms with van der Waals surface area (Å²) < 4.78 is 9.57. The van der Waals surface area contributed by atoms with Crippen LogP contribution < -0.4 is 10.6 Å². The average Bonchev–Trinajstić information content (AvgIpc) is 4.09. The predicted molar refractivity (Wildman–Crippen MR) is 230 cm³/mol. The van der Waals surface area contributed by atoms with Gasteiger partial charge >= 0.3 is 12.2 Å². The minimum absolute atomic E-state index is 0.108. The number of hydrogen-bond donors (Lipinski definition) is 4. The first-order valence-electron chi connectivity index (χ1n) is 20.8. The molecule has 4 amide bonds. The summed E-state index contributed by atoms with van der Waals surface area (Å²) in [6, 6.07) is 23.4. The van der Waals surface area contributed by atoms with Gasteiger partial charge in [-0.2, -0.15) is 0 Å². The summed E-state index contributed by atoms with van der Waals surface area (Å²) in [6.45, 7) is 8.82. The van der Waals surface area contributed by atoms with Crippen molar-refractivity contribution in [3.63, 3.8) is 0 Å². The molecule has 0 radical (unpaired) electrons. The highest BCUT2D eigenvalue weighted by Crippen LogP contribution is 2.37. The number of aromatic nitrogens is 4. The lowest BCUT2D eigenvalue weighted by Crippen LogP contribution is -2.51. The van der Waals surface area contributed by atoms with Crippen LogP contribution in [-0.4, -0.2) is 93.1 Å². The lowest BCUT2D eigenvalue weighted by Gasteiger charge is -2.29. The van der Waals surface area contributed by atoms with Gasteiger partial charge in [-0.05, 0) is 89.4 Å². The van der Waals surface area contributed by atoms with E-state index in [0.29, 0.717) is 13.1 Å². The van der Waals surface area contributed by atoms with Gasteiger partial charge in [-0.15, -0.1) is 0 Å². The summed E-state index contributed by atoms with van der Waals surface area (Å²) in [7, 11) is 2.59. The number of fused-ring (bicyclic) bond motifs is 4. The van der Waals surface area contributed by atoms with Crippen molar-refractivity contribution in [1.82, 2.24) is 40.4 Å². The van der Waals surface area contributed by atoms with Gasteiger partial charge in [-0.3, -0.25) is 9.59 Å². The van der Waals surface area contributed by atoms with Gasteiger partial charge in [0.05, 0.1) is 48.4 Å². The molecule has 14 nitrogen and oxygen atoms in total. The zero-order valence-corrected chi connectivity index (χ0v) is 34.9. The molecule has 0 aliphatic carbocycles. The molecular formula is C46H52N8O6. The Balaban J connectivity index is 0.990. The van der Waals surface area contributed by atoms with E-state index < -0.39 is 24.3 Å². The zero-order valence-electron chi connectivity index (χ0n) is 34.9. The number of carbonyl (C=O) groups excluding carboxylic acids is 4. The molecule has 8 rings (SSSR count). The SMILES string of the molecule is COC(=O)N[C@@H](C(=O)N1CCC[C@H]1c1nc2ccc(-c3ccc(-c4ccc5c(ccc6[nH]c([C@@H]7CCCN7C(=O)[C@H](NC(=O)OC)C(C)C)nc65)c4)cc3)cc2[nH]1)C(C)C. The molecule has 2 aromatic heterocycles. The molecule has 2 aliphatic heterocycles. The zero-order chi connectivity index (χ0) is 42.2. The fourth-order valence-corrected chi connectivity index (χ4v) is 8.77. The predicted octanol–water partition coefficient (Wildman–Crippen LogP) is 8.01. The van der Waals surface area contributed by atoms with Gasteiger partial charge in [0.15, 0.2) is 0 Å². The number of ether oxygens (including phenoxy) is 2. The van der Waals surface area contributed by atoms with E-state index in [2.05, 4.69) is 81.3 Å². The molecule has 4 atom stereocenters. The first-order chi connectivity index (χ1) is 28.9. The quantitative estimate of drug-likeness (QED) is 0.108. The molecule has 4 N–H and O–H groups in total. The van der Waals surface area contributed by atoms with E-state index in [1.165, 1.54) is 14.2 Å². The Morgan fingerprint density at radius 1 is 0.633 bits per heavy atom. The van der Waals surface area contributed by atoms with Crippen LogP contribution in [0.25, 0.3) is 55.1 Å². The Bertz CT molecular complexity index is 2580. The number of likely N-dealkylation sites (tertiary alicyclic amines) is 2. The second-order valence-electron chi connectivity index (χ2n) is 16.5. The van der Waals surface area contributed by atoms with Crippen LogP contribution in [0.3, 0.4) is 0 Å². The van der Waals surface area contributed by atoms with Crippen LogP contribution in [0.1, 0.15) is 77.1 Å². The van der Waals surface area contributed by atoms with Gasteiger partial charge in [-0.1, -0.05) is 76.2 Å². The number of rotatable bonds is 10. The number of H-pyrrole nitrogens is 2. The van der Waals surface area contributed by atoms with Crippen molar-refractivity contribution < 1.29 is 28.7 Å². The monoisotopic (exact) mass is 812 g/mol. The Hall–Kier alpha value is -6.44. The smallest absolute Gasteiger partial charge is 0.407 e. The number of benzene rings is 4. The van der Waals surface area contributed by atoms with Gasteiger partial charge < -0.3 is 39.9 Å². The van der Waals surface area contributed by atoms with Crippen LogP contribution >= 0.6 is 0 Å². The largest absolute Gasteiger partial charge is 0.453 e. The number of nitrogens with zero attached hydrogens (tertiary/aromatic N) is 4. The molecule has 60 heavy (non-hydrogen) atoms. The highest BCUT2D eigenvalue weighted by molar-refractivity contribution is 6.05. The number of aromatic amines is 2. The third-order valence-corrected chi connectivity index (χ3v) is 12.0. The molecule has 2 aliphatic rings. The van der Waals surface area contributed by atoms with Gasteiger partial charge in [0.2, 0.25) is 11.8 Å². The molecule has 0 saturated carbocycles. The second kappa shape index (κ2) is 16.7. The van der Waals surface area contributed by atoms with E-state index in [1.54, 1.807) is 0 Å². The molecule has 2 fully saturated rings. The molecular weight excluding hydrogens is 761 g/mol. The third-order valence-electron chi connectivity index (χ3n) is 12.0. The Morgan fingerprint density at radius 2 is 1.13 bits per heavy atom. The van der Waals surface area contributed by atoms with Crippen molar-refractivity contribution in [2.75, 3.05) is 27.3 Å². The number of nitrogens with one attached hydrogen (secondary N) is 4. The van der Waals surface area contributed by atoms with Crippen LogP contribution in [0.5, 0.6) is 0 Å². The van der Waals surface area contributed by atoms with Gasteiger partial charge in [-0.25, -0.2) is 19.6 Å². The van der Waals surface area contributed by atoms with Crippen LogP contribution in [0, 0.1) is 11.8 Å². The van der Waals surface area contributed by atoms with E-state index in [4.69, 9.17) is 19.4 Å². The first kappa shape index (κ1) is 40.3. The maximum atomic E-state index is 13.7. The van der Waals surface area contributed by atoms with E-state index in [1.807, 2.05) is 49.6 Å². The summed E-state index contributed by atoms with van der Waals surface area (Å²) in [4.78, 5) is 72.0. The van der Waals surface area contributed by atoms with Crippen LogP contribution in [0.4, 0.5) is 9.59 Å². The van der Waals surface area contributed by atoms with E-state index in [0.717, 1.165) is 92.4 Å². The molecule has 4 aromatic carbocycles. The van der Waals surface area contributed by atoms with Crippen LogP contribution in [-0.2, 0) is 19.1 Å². The maximum Gasteiger partial charge on any atom is 0.407 e. The fourth-order valence-electron chi connectivity index (χ4n) is 8.77. The van der Waals surface area contributed by atoms with Gasteiger partial charge in [0.25, 0.3) is 0 Å². The third kappa shape index (κ3) is 7.73. The van der Waals surface area contributed by atoms with Crippen molar-refractivity contribution in [1.29, 1.82) is 0 Å². The number of alkyl carbamates (subject to hydrolysis) is 2. The normalized spacial score (nSPS) is 17.8. The Kier molecular flexibility index (Phi) is 11.2. The molecule has 2 saturated heterocycles. The molecule has 14 heteroatoms. The van der Waals surface area contributed by atoms with Gasteiger partial charge in [0, 0.05) is 18.5 Å². The minimum atomic E-state index is -0.694. The van der Waals surface area contributed by atoms with Crippen molar-refractivity contribution in [2.24, 2.45) is 11.8 Å². The summed E-state index contributed by atoms with van der Waals surface area (Å²) >= 11 is 0. The number of amides is 4. The molecule has 6 aromatic rings. The highest BCUT2D eigenvalue weighted by atomic mass is 16.5. The lowest BCUT2D eigenvalue weighted by atomic mass is 9.98.